The van der Waals surface area contributed by atoms with E-state index < -0.39 is 0 Å². The molecule has 0 atom stereocenters. The minimum atomic E-state index is 0.157. The molecule has 0 aliphatic heterocycles. The van der Waals surface area contributed by atoms with Crippen molar-refractivity contribution >= 4 is 22.5 Å². The molecule has 0 saturated carbocycles. The van der Waals surface area contributed by atoms with Crippen LogP contribution in [-0.2, 0) is 0 Å². The van der Waals surface area contributed by atoms with Crippen LogP contribution in [0.25, 0.3) is 10.9 Å². The molecule has 0 saturated heterocycles. The topological polar surface area (TPSA) is 33.1 Å². The van der Waals surface area contributed by atoms with Gasteiger partial charge >= 0.3 is 0 Å². The molecule has 0 spiro atoms. The van der Waals surface area contributed by atoms with E-state index in [2.05, 4.69) is 4.98 Å². The van der Waals surface area contributed by atoms with Gasteiger partial charge in [-0.3, -0.25) is 4.98 Å². The lowest BCUT2D eigenvalue weighted by Gasteiger charge is -1.97. The Hall–Kier alpha value is -1.28. The summed E-state index contributed by atoms with van der Waals surface area (Å²) in [6, 6.07) is 6.99. The van der Waals surface area contributed by atoms with Crippen LogP contribution in [-0.4, -0.2) is 10.1 Å². The van der Waals surface area contributed by atoms with E-state index >= 15 is 0 Å². The molecule has 0 fully saturated rings. The Morgan fingerprint density at radius 2 is 2.08 bits per heavy atom. The van der Waals surface area contributed by atoms with Gasteiger partial charge in [0.15, 0.2) is 0 Å². The van der Waals surface area contributed by atoms with Crippen molar-refractivity contribution in [2.45, 2.75) is 0 Å². The van der Waals surface area contributed by atoms with Crippen LogP contribution in [0.4, 0.5) is 0 Å². The quantitative estimate of drug-likeness (QED) is 0.675. The molecule has 2 rings (SSSR count). The van der Waals surface area contributed by atoms with Crippen molar-refractivity contribution in [3.63, 3.8) is 0 Å². The van der Waals surface area contributed by atoms with E-state index in [0.29, 0.717) is 5.02 Å². The zero-order valence-corrected chi connectivity index (χ0v) is 6.92. The molecule has 1 aromatic heterocycles. The van der Waals surface area contributed by atoms with E-state index in [1.165, 1.54) is 6.20 Å². The van der Waals surface area contributed by atoms with Crippen LogP contribution in [0.5, 0.6) is 5.75 Å². The summed E-state index contributed by atoms with van der Waals surface area (Å²) in [4.78, 5) is 4.01. The van der Waals surface area contributed by atoms with Gasteiger partial charge in [0.05, 0.1) is 11.7 Å². The van der Waals surface area contributed by atoms with E-state index in [-0.39, 0.29) is 5.75 Å². The van der Waals surface area contributed by atoms with E-state index in [1.807, 2.05) is 6.07 Å². The molecule has 1 aromatic carbocycles. The number of rotatable bonds is 0. The molecular formula is C9H6ClNO. The highest BCUT2D eigenvalue weighted by atomic mass is 35.5. The zero-order valence-electron chi connectivity index (χ0n) is 6.16. The summed E-state index contributed by atoms with van der Waals surface area (Å²) in [5.41, 5.74) is 0.831. The van der Waals surface area contributed by atoms with Gasteiger partial charge in [0.1, 0.15) is 5.75 Å². The van der Waals surface area contributed by atoms with Gasteiger partial charge in [0.25, 0.3) is 0 Å². The number of hydrogen-bond donors (Lipinski definition) is 1. The Morgan fingerprint density at radius 3 is 2.92 bits per heavy atom. The van der Waals surface area contributed by atoms with Crippen molar-refractivity contribution in [2.75, 3.05) is 0 Å². The molecular weight excluding hydrogens is 174 g/mol. The lowest BCUT2D eigenvalue weighted by molar-refractivity contribution is 0.474. The van der Waals surface area contributed by atoms with Crippen molar-refractivity contribution < 1.29 is 5.11 Å². The average Bonchev–Trinajstić information content (AvgIpc) is 2.03. The molecule has 3 heteroatoms. The van der Waals surface area contributed by atoms with Crippen molar-refractivity contribution in [3.8, 4) is 5.75 Å². The minimum Gasteiger partial charge on any atom is -0.506 e. The van der Waals surface area contributed by atoms with Gasteiger partial charge < -0.3 is 5.11 Å². The van der Waals surface area contributed by atoms with Gasteiger partial charge in [-0.05, 0) is 24.3 Å². The van der Waals surface area contributed by atoms with E-state index in [1.54, 1.807) is 18.2 Å². The SMILES string of the molecule is Oc1cnc2ccc(Cl)cc2c1. The zero-order chi connectivity index (χ0) is 8.55. The average molecular weight is 180 g/mol. The second kappa shape index (κ2) is 2.64. The highest BCUT2D eigenvalue weighted by molar-refractivity contribution is 6.31. The molecule has 2 nitrogen and oxygen atoms in total. The number of halogens is 1. The molecule has 0 aliphatic carbocycles. The van der Waals surface area contributed by atoms with E-state index in [9.17, 15) is 0 Å². The fourth-order valence-corrected chi connectivity index (χ4v) is 1.27. The second-order valence-electron chi connectivity index (χ2n) is 2.53. The van der Waals surface area contributed by atoms with Crippen LogP contribution in [0.3, 0.4) is 0 Å². The molecule has 0 radical (unpaired) electrons. The maximum absolute atomic E-state index is 9.12. The van der Waals surface area contributed by atoms with Crippen LogP contribution < -0.4 is 0 Å². The van der Waals surface area contributed by atoms with Crippen LogP contribution in [0.2, 0.25) is 5.02 Å². The fraction of sp³-hybridized carbons (Fsp3) is 0. The monoisotopic (exact) mass is 179 g/mol. The van der Waals surface area contributed by atoms with Gasteiger partial charge in [-0.15, -0.1) is 0 Å². The third-order valence-electron chi connectivity index (χ3n) is 1.63. The summed E-state index contributed by atoms with van der Waals surface area (Å²) < 4.78 is 0. The first kappa shape index (κ1) is 7.37. The molecule has 1 heterocycles. The largest absolute Gasteiger partial charge is 0.506 e. The van der Waals surface area contributed by atoms with Gasteiger partial charge in [-0.2, -0.15) is 0 Å². The maximum Gasteiger partial charge on any atom is 0.134 e. The molecule has 0 bridgehead atoms. The Labute approximate surface area is 74.4 Å². The number of benzene rings is 1. The van der Waals surface area contributed by atoms with Crippen LogP contribution in [0.1, 0.15) is 0 Å². The number of aromatic nitrogens is 1. The lowest BCUT2D eigenvalue weighted by atomic mass is 10.2. The standard InChI is InChI=1S/C9H6ClNO/c10-7-1-2-9-6(3-7)4-8(12)5-11-9/h1-5,12H. The van der Waals surface area contributed by atoms with Gasteiger partial charge in [-0.1, -0.05) is 11.6 Å². The molecule has 2 aromatic rings. The lowest BCUT2D eigenvalue weighted by Crippen LogP contribution is -1.77. The molecule has 60 valence electrons. The first-order valence-corrected chi connectivity index (χ1v) is 3.88. The third-order valence-corrected chi connectivity index (χ3v) is 1.86. The van der Waals surface area contributed by atoms with Gasteiger partial charge in [-0.25, -0.2) is 0 Å². The molecule has 0 unspecified atom stereocenters. The number of fused-ring (bicyclic) bond motifs is 1. The first-order valence-electron chi connectivity index (χ1n) is 3.50. The smallest absolute Gasteiger partial charge is 0.134 e. The van der Waals surface area contributed by atoms with Gasteiger partial charge in [0.2, 0.25) is 0 Å². The van der Waals surface area contributed by atoms with Crippen molar-refractivity contribution in [1.82, 2.24) is 4.98 Å². The second-order valence-corrected chi connectivity index (χ2v) is 2.97. The normalized spacial score (nSPS) is 10.4. The van der Waals surface area contributed by atoms with Crippen LogP contribution in [0, 0.1) is 0 Å². The molecule has 0 amide bonds. The molecule has 0 aliphatic rings. The van der Waals surface area contributed by atoms with Crippen molar-refractivity contribution in [1.29, 1.82) is 0 Å². The van der Waals surface area contributed by atoms with Crippen LogP contribution in [0.15, 0.2) is 30.5 Å². The predicted molar refractivity (Wildman–Crippen MR) is 48.4 cm³/mol. The summed E-state index contributed by atoms with van der Waals surface area (Å²) in [6.45, 7) is 0. The summed E-state index contributed by atoms with van der Waals surface area (Å²) >= 11 is 5.76. The number of nitrogens with zero attached hydrogens (tertiary/aromatic N) is 1. The summed E-state index contributed by atoms with van der Waals surface area (Å²) in [7, 11) is 0. The Morgan fingerprint density at radius 1 is 1.25 bits per heavy atom. The van der Waals surface area contributed by atoms with Gasteiger partial charge in [0, 0.05) is 10.4 Å². The highest BCUT2D eigenvalue weighted by Crippen LogP contribution is 2.20. The summed E-state index contributed by atoms with van der Waals surface area (Å²) in [6.07, 6.45) is 1.41. The minimum absolute atomic E-state index is 0.157. The maximum atomic E-state index is 9.12. The fourth-order valence-electron chi connectivity index (χ4n) is 1.09. The summed E-state index contributed by atoms with van der Waals surface area (Å²) in [5.74, 6) is 0.157. The number of aromatic hydroxyl groups is 1. The van der Waals surface area contributed by atoms with Crippen molar-refractivity contribution in [2.24, 2.45) is 0 Å². The van der Waals surface area contributed by atoms with Crippen molar-refractivity contribution in [3.05, 3.63) is 35.5 Å². The number of hydrogen-bond acceptors (Lipinski definition) is 2. The van der Waals surface area contributed by atoms with Crippen LogP contribution >= 0.6 is 11.6 Å². The first-order chi connectivity index (χ1) is 5.75. The Bertz CT molecular complexity index is 391. The third kappa shape index (κ3) is 1.21. The van der Waals surface area contributed by atoms with E-state index in [4.69, 9.17) is 16.7 Å². The summed E-state index contributed by atoms with van der Waals surface area (Å²) in [5, 5.41) is 10.6. The Kier molecular flexibility index (Phi) is 1.62. The number of pyridine rings is 1. The highest BCUT2D eigenvalue weighted by Gasteiger charge is 1.96. The van der Waals surface area contributed by atoms with E-state index in [0.717, 1.165) is 10.9 Å². The molecule has 12 heavy (non-hydrogen) atoms. The predicted octanol–water partition coefficient (Wildman–Crippen LogP) is 2.59. The molecule has 1 N–H and O–H groups in total. The Balaban J connectivity index is 2.80.